The number of ether oxygens (including phenoxy) is 1. The van der Waals surface area contributed by atoms with Gasteiger partial charge in [0.25, 0.3) is 0 Å². The third kappa shape index (κ3) is 1.96. The maximum atomic E-state index is 6.48. The highest BCUT2D eigenvalue weighted by molar-refractivity contribution is 5.36. The van der Waals surface area contributed by atoms with Gasteiger partial charge in [0, 0.05) is 11.8 Å². The first-order valence-corrected chi connectivity index (χ1v) is 10.7. The van der Waals surface area contributed by atoms with Crippen molar-refractivity contribution in [2.45, 2.75) is 77.7 Å². The molecule has 136 valence electrons. The Labute approximate surface area is 153 Å². The Hall–Kier alpha value is -0.980. The first-order valence-electron chi connectivity index (χ1n) is 10.7. The molecule has 0 amide bonds. The fourth-order valence-corrected chi connectivity index (χ4v) is 7.71. The van der Waals surface area contributed by atoms with Crippen molar-refractivity contribution in [3.05, 3.63) is 36.1 Å². The van der Waals surface area contributed by atoms with Crippen LogP contribution >= 0.6 is 0 Å². The second kappa shape index (κ2) is 5.05. The molecule has 25 heavy (non-hydrogen) atoms. The van der Waals surface area contributed by atoms with Crippen LogP contribution in [0.1, 0.15) is 72.1 Å². The summed E-state index contributed by atoms with van der Waals surface area (Å²) in [7, 11) is 0. The number of allylic oxidation sites excluding steroid dienone is 5. The summed E-state index contributed by atoms with van der Waals surface area (Å²) >= 11 is 0. The largest absolute Gasteiger partial charge is 0.492 e. The van der Waals surface area contributed by atoms with Crippen molar-refractivity contribution in [2.24, 2.45) is 34.5 Å². The Bertz CT molecular complexity index is 672. The molecule has 1 aliphatic heterocycles. The zero-order chi connectivity index (χ0) is 17.4. The van der Waals surface area contributed by atoms with E-state index in [0.29, 0.717) is 10.8 Å². The molecule has 0 radical (unpaired) electrons. The SMILES string of the molecule is C=C1CC[C@]2(CC[C@H]3[C@@H]4C=CC5=CC(C)CC[C@]5(C)[C@H]4CC[C@@]32C)O1. The lowest BCUT2D eigenvalue weighted by Crippen LogP contribution is -2.53. The van der Waals surface area contributed by atoms with Gasteiger partial charge in [0.15, 0.2) is 0 Å². The topological polar surface area (TPSA) is 9.23 Å². The van der Waals surface area contributed by atoms with E-state index in [0.717, 1.165) is 35.9 Å². The Morgan fingerprint density at radius 1 is 1.04 bits per heavy atom. The second-order valence-corrected chi connectivity index (χ2v) is 10.3. The summed E-state index contributed by atoms with van der Waals surface area (Å²) in [4.78, 5) is 0. The summed E-state index contributed by atoms with van der Waals surface area (Å²) < 4.78 is 6.48. The van der Waals surface area contributed by atoms with Gasteiger partial charge in [0.1, 0.15) is 5.60 Å². The van der Waals surface area contributed by atoms with E-state index in [2.05, 4.69) is 45.6 Å². The van der Waals surface area contributed by atoms with Gasteiger partial charge < -0.3 is 4.74 Å². The van der Waals surface area contributed by atoms with Crippen molar-refractivity contribution in [3.8, 4) is 0 Å². The zero-order valence-corrected chi connectivity index (χ0v) is 16.3. The summed E-state index contributed by atoms with van der Waals surface area (Å²) in [6.07, 6.45) is 18.1. The highest BCUT2D eigenvalue weighted by Gasteiger charge is 2.65. The molecule has 0 aromatic rings. The molecule has 1 heteroatoms. The average Bonchev–Trinajstić information content (AvgIpc) is 3.10. The maximum absolute atomic E-state index is 6.48. The molecular formula is C24H34O. The zero-order valence-electron chi connectivity index (χ0n) is 16.3. The van der Waals surface area contributed by atoms with Crippen molar-refractivity contribution >= 4 is 0 Å². The molecule has 0 aromatic heterocycles. The van der Waals surface area contributed by atoms with Crippen LogP contribution in [0.5, 0.6) is 0 Å². The normalized spacial score (nSPS) is 53.9. The summed E-state index contributed by atoms with van der Waals surface area (Å²) in [5, 5.41) is 0. The van der Waals surface area contributed by atoms with Crippen LogP contribution in [0.15, 0.2) is 36.1 Å². The van der Waals surface area contributed by atoms with Crippen LogP contribution in [-0.2, 0) is 4.74 Å². The molecule has 5 aliphatic rings. The number of hydrogen-bond acceptors (Lipinski definition) is 1. The lowest BCUT2D eigenvalue weighted by atomic mass is 9.48. The van der Waals surface area contributed by atoms with Gasteiger partial charge in [0.2, 0.25) is 0 Å². The predicted molar refractivity (Wildman–Crippen MR) is 103 cm³/mol. The quantitative estimate of drug-likeness (QED) is 0.495. The van der Waals surface area contributed by atoms with E-state index in [1.807, 2.05) is 0 Å². The van der Waals surface area contributed by atoms with E-state index < -0.39 is 0 Å². The third-order valence-electron chi connectivity index (χ3n) is 9.33. The summed E-state index contributed by atoms with van der Waals surface area (Å²) in [5.74, 6) is 4.19. The summed E-state index contributed by atoms with van der Waals surface area (Å²) in [6.45, 7) is 11.7. The van der Waals surface area contributed by atoms with Gasteiger partial charge in [-0.1, -0.05) is 45.6 Å². The first kappa shape index (κ1) is 16.2. The lowest BCUT2D eigenvalue weighted by molar-refractivity contribution is -0.108. The molecule has 5 rings (SSSR count). The Morgan fingerprint density at radius 2 is 1.84 bits per heavy atom. The number of fused-ring (bicyclic) bond motifs is 6. The number of rotatable bonds is 0. The molecule has 7 atom stereocenters. The van der Waals surface area contributed by atoms with Crippen molar-refractivity contribution < 1.29 is 4.74 Å². The van der Waals surface area contributed by atoms with Crippen molar-refractivity contribution in [1.82, 2.24) is 0 Å². The van der Waals surface area contributed by atoms with Crippen molar-refractivity contribution in [2.75, 3.05) is 0 Å². The maximum Gasteiger partial charge on any atom is 0.115 e. The summed E-state index contributed by atoms with van der Waals surface area (Å²) in [6, 6.07) is 0. The monoisotopic (exact) mass is 338 g/mol. The van der Waals surface area contributed by atoms with Gasteiger partial charge in [-0.05, 0) is 79.6 Å². The molecule has 4 aliphatic carbocycles. The van der Waals surface area contributed by atoms with Crippen LogP contribution in [0.3, 0.4) is 0 Å². The molecule has 2 saturated carbocycles. The van der Waals surface area contributed by atoms with Crippen LogP contribution in [-0.4, -0.2) is 5.60 Å². The van der Waals surface area contributed by atoms with Crippen molar-refractivity contribution in [3.63, 3.8) is 0 Å². The molecule has 1 saturated heterocycles. The second-order valence-electron chi connectivity index (χ2n) is 10.3. The van der Waals surface area contributed by atoms with Gasteiger partial charge in [-0.3, -0.25) is 0 Å². The minimum Gasteiger partial charge on any atom is -0.492 e. The fraction of sp³-hybridized carbons (Fsp3) is 0.750. The highest BCUT2D eigenvalue weighted by atomic mass is 16.5. The highest BCUT2D eigenvalue weighted by Crippen LogP contribution is 2.69. The van der Waals surface area contributed by atoms with Gasteiger partial charge >= 0.3 is 0 Å². The molecule has 1 unspecified atom stereocenters. The Kier molecular flexibility index (Phi) is 3.27. The Balaban J connectivity index is 1.52. The number of hydrogen-bond donors (Lipinski definition) is 0. The van der Waals surface area contributed by atoms with E-state index in [1.165, 1.54) is 44.9 Å². The third-order valence-corrected chi connectivity index (χ3v) is 9.33. The lowest BCUT2D eigenvalue weighted by Gasteiger charge is -2.57. The minimum absolute atomic E-state index is 0.103. The van der Waals surface area contributed by atoms with Crippen LogP contribution in [0, 0.1) is 34.5 Å². The van der Waals surface area contributed by atoms with Gasteiger partial charge in [-0.15, -0.1) is 0 Å². The molecule has 1 heterocycles. The fourth-order valence-electron chi connectivity index (χ4n) is 7.71. The minimum atomic E-state index is 0.103. The first-order chi connectivity index (χ1) is 11.9. The standard InChI is InChI=1S/C24H34O/c1-16-7-11-22(3)18(15-16)5-6-19-20(22)9-12-23(4)21(19)10-14-24(23)13-8-17(2)25-24/h5-6,15-16,19-21H,2,7-14H2,1,3-4H3/t16?,19-,20+,21+,22+,23+,24-/m1/s1. The van der Waals surface area contributed by atoms with Crippen LogP contribution in [0.4, 0.5) is 0 Å². The molecule has 1 nitrogen and oxygen atoms in total. The molecular weight excluding hydrogens is 304 g/mol. The van der Waals surface area contributed by atoms with E-state index in [4.69, 9.17) is 4.74 Å². The van der Waals surface area contributed by atoms with Crippen LogP contribution in [0.2, 0.25) is 0 Å². The van der Waals surface area contributed by atoms with Gasteiger partial charge in [-0.25, -0.2) is 0 Å². The van der Waals surface area contributed by atoms with Crippen molar-refractivity contribution in [1.29, 1.82) is 0 Å². The molecule has 0 N–H and O–H groups in total. The molecule has 1 spiro atoms. The van der Waals surface area contributed by atoms with Gasteiger partial charge in [-0.2, -0.15) is 0 Å². The smallest absolute Gasteiger partial charge is 0.115 e. The average molecular weight is 339 g/mol. The van der Waals surface area contributed by atoms with Gasteiger partial charge in [0.05, 0.1) is 5.76 Å². The molecule has 0 aromatic carbocycles. The van der Waals surface area contributed by atoms with Crippen LogP contribution in [0.25, 0.3) is 0 Å². The molecule has 0 bridgehead atoms. The van der Waals surface area contributed by atoms with E-state index >= 15 is 0 Å². The van der Waals surface area contributed by atoms with E-state index in [-0.39, 0.29) is 5.60 Å². The van der Waals surface area contributed by atoms with E-state index in [9.17, 15) is 0 Å². The molecule has 3 fully saturated rings. The van der Waals surface area contributed by atoms with E-state index in [1.54, 1.807) is 5.57 Å². The summed E-state index contributed by atoms with van der Waals surface area (Å²) in [5.41, 5.74) is 2.51. The predicted octanol–water partition coefficient (Wildman–Crippen LogP) is 6.42. The van der Waals surface area contributed by atoms with Crippen LogP contribution < -0.4 is 0 Å². The Morgan fingerprint density at radius 3 is 2.60 bits per heavy atom.